The van der Waals surface area contributed by atoms with Gasteiger partial charge in [0.1, 0.15) is 11.8 Å². The minimum atomic E-state index is -3.04. The van der Waals surface area contributed by atoms with E-state index in [1.165, 1.54) is 10.4 Å². The van der Waals surface area contributed by atoms with Gasteiger partial charge in [-0.1, -0.05) is 87.5 Å². The average Bonchev–Trinajstić information content (AvgIpc) is 3.67. The number of phenolic OH excluding ortho intramolecular Hbond substituents is 1. The Kier molecular flexibility index (Phi) is 9.63. The molecule has 11 heteroatoms. The molecule has 4 aromatic rings. The lowest BCUT2D eigenvalue weighted by Gasteiger charge is -2.60. The second-order valence-electron chi connectivity index (χ2n) is 16.3. The zero-order valence-corrected chi connectivity index (χ0v) is 34.0. The fourth-order valence-corrected chi connectivity index (χ4v) is 14.8. The minimum Gasteiger partial charge on any atom is -0.507 e. The lowest BCUT2D eigenvalue weighted by Crippen LogP contribution is -2.70. The summed E-state index contributed by atoms with van der Waals surface area (Å²) in [6, 6.07) is 24.6. The molecule has 0 aromatic heterocycles. The number of phenols is 1. The molecule has 4 heterocycles. The number of hydrogen-bond donors (Lipinski definition) is 1. The van der Waals surface area contributed by atoms with Gasteiger partial charge in [0, 0.05) is 41.4 Å². The number of methoxy groups -OCH3 is 2. The third kappa shape index (κ3) is 5.64. The van der Waals surface area contributed by atoms with Gasteiger partial charge in [-0.3, -0.25) is 9.80 Å². The van der Waals surface area contributed by atoms with Crippen molar-refractivity contribution >= 4 is 18.7 Å². The van der Waals surface area contributed by atoms with E-state index in [4.69, 9.17) is 28.1 Å². The fraction of sp³-hybridized carbons (Fsp3) is 0.432. The van der Waals surface area contributed by atoms with Gasteiger partial charge in [0.25, 0.3) is 8.32 Å². The molecule has 4 aliphatic heterocycles. The first kappa shape index (κ1) is 37.4. The van der Waals surface area contributed by atoms with E-state index in [9.17, 15) is 10.4 Å². The third-order valence-corrected chi connectivity index (χ3v) is 17.5. The van der Waals surface area contributed by atoms with Crippen LogP contribution in [0.4, 0.5) is 0 Å². The van der Waals surface area contributed by atoms with Crippen LogP contribution in [0, 0.1) is 25.2 Å². The number of aromatic hydroxyl groups is 1. The molecule has 4 aliphatic rings. The summed E-state index contributed by atoms with van der Waals surface area (Å²) in [6.07, 6.45) is 1.11. The molecule has 2 bridgehead atoms. The number of fused-ring (bicyclic) bond motifs is 9. The second-order valence-corrected chi connectivity index (χ2v) is 20.6. The smallest absolute Gasteiger partial charge is 0.261 e. The first-order valence-electron chi connectivity index (χ1n) is 19.1. The highest BCUT2D eigenvalue weighted by atomic mass is 28.4. The predicted octanol–water partition coefficient (Wildman–Crippen LogP) is 6.08. The van der Waals surface area contributed by atoms with Crippen molar-refractivity contribution < 1.29 is 33.2 Å². The highest BCUT2D eigenvalue weighted by Gasteiger charge is 2.58. The lowest BCUT2D eigenvalue weighted by molar-refractivity contribution is -0.0819. The van der Waals surface area contributed by atoms with E-state index in [0.29, 0.717) is 41.4 Å². The maximum atomic E-state index is 12.1. The van der Waals surface area contributed by atoms with E-state index in [0.717, 1.165) is 27.8 Å². The minimum absolute atomic E-state index is 0.0557. The van der Waals surface area contributed by atoms with E-state index in [-0.39, 0.29) is 49.1 Å². The number of nitriles is 1. The van der Waals surface area contributed by atoms with Crippen molar-refractivity contribution in [3.63, 3.8) is 0 Å². The van der Waals surface area contributed by atoms with Gasteiger partial charge in [0.05, 0.1) is 31.9 Å². The SMILES string of the molecule is COCOc1c(OC)c(C)cc2c1[C@@H]1[C@@H]3Cc4c(O)c(C)c5c(c4[C@H](CO[Si](c4ccccc4)(c4ccccc4)C(C)(C)C)N3[C@@H](C#N)[C@@H](C2)N1C)OCO5. The van der Waals surface area contributed by atoms with Crippen molar-refractivity contribution in [2.45, 2.75) is 82.7 Å². The topological polar surface area (TPSA) is 106 Å². The molecule has 288 valence electrons. The highest BCUT2D eigenvalue weighted by Crippen LogP contribution is 2.58. The quantitative estimate of drug-likeness (QED) is 0.160. The molecule has 1 saturated heterocycles. The first-order valence-corrected chi connectivity index (χ1v) is 21.0. The summed E-state index contributed by atoms with van der Waals surface area (Å²) < 4.78 is 37.9. The number of nitrogens with zero attached hydrogens (tertiary/aromatic N) is 3. The molecular weight excluding hydrogens is 711 g/mol. The number of likely N-dealkylation sites (N-methyl/N-ethyl adjacent to an activating group) is 1. The first-order chi connectivity index (χ1) is 26.5. The molecule has 8 rings (SSSR count). The number of piperazine rings is 1. The second kappa shape index (κ2) is 14.2. The van der Waals surface area contributed by atoms with Gasteiger partial charge in [0.15, 0.2) is 29.8 Å². The number of benzene rings is 4. The lowest BCUT2D eigenvalue weighted by atomic mass is 9.71. The summed E-state index contributed by atoms with van der Waals surface area (Å²) in [5.41, 5.74) is 5.41. The number of rotatable bonds is 9. The maximum Gasteiger partial charge on any atom is 0.261 e. The van der Waals surface area contributed by atoms with Gasteiger partial charge in [-0.15, -0.1) is 0 Å². The van der Waals surface area contributed by atoms with Crippen molar-refractivity contribution in [1.29, 1.82) is 5.26 Å². The average molecular weight is 762 g/mol. The summed E-state index contributed by atoms with van der Waals surface area (Å²) in [7, 11) is 2.35. The molecule has 1 N–H and O–H groups in total. The summed E-state index contributed by atoms with van der Waals surface area (Å²) in [5, 5.41) is 25.4. The largest absolute Gasteiger partial charge is 0.507 e. The molecule has 0 saturated carbocycles. The van der Waals surface area contributed by atoms with Crippen molar-refractivity contribution in [3.05, 3.63) is 100 Å². The highest BCUT2D eigenvalue weighted by molar-refractivity contribution is 6.99. The van der Waals surface area contributed by atoms with Crippen LogP contribution >= 0.6 is 0 Å². The summed E-state index contributed by atoms with van der Waals surface area (Å²) in [5.74, 6) is 2.70. The molecule has 0 amide bonds. The summed E-state index contributed by atoms with van der Waals surface area (Å²) in [4.78, 5) is 4.72. The van der Waals surface area contributed by atoms with Crippen LogP contribution in [0.5, 0.6) is 28.7 Å². The number of aryl methyl sites for hydroxylation is 1. The Balaban J connectivity index is 1.36. The molecule has 5 atom stereocenters. The normalized spacial score (nSPS) is 23.0. The van der Waals surface area contributed by atoms with E-state index in [1.807, 2.05) is 26.0 Å². The van der Waals surface area contributed by atoms with Gasteiger partial charge in [0.2, 0.25) is 6.79 Å². The van der Waals surface area contributed by atoms with Crippen molar-refractivity contribution in [1.82, 2.24) is 9.80 Å². The third-order valence-electron chi connectivity index (χ3n) is 12.5. The molecule has 4 aromatic carbocycles. The Hall–Kier alpha value is -4.57. The molecule has 55 heavy (non-hydrogen) atoms. The number of ether oxygens (including phenoxy) is 5. The zero-order chi connectivity index (χ0) is 38.8. The van der Waals surface area contributed by atoms with Gasteiger partial charge in [-0.25, -0.2) is 0 Å². The van der Waals surface area contributed by atoms with Crippen molar-refractivity contribution in [2.24, 2.45) is 0 Å². The molecule has 0 spiro atoms. The Morgan fingerprint density at radius 1 is 0.909 bits per heavy atom. The number of hydrogen-bond acceptors (Lipinski definition) is 10. The molecule has 0 radical (unpaired) electrons. The predicted molar refractivity (Wildman–Crippen MR) is 212 cm³/mol. The standard InChI is InChI=1S/C44H51N3O7Si/c1-26-19-28-20-32-34(22-45)47-33(38(46(32)6)36(28)42(40(26)50-8)51-24-49-7)21-31-37(43-41(52-25-53-43)27(2)39(31)48)35(47)23-54-55(44(3,4)5,29-15-11-9-12-16-29)30-17-13-10-14-18-30/h9-19,32-35,38,48H,20-21,23-25H2,1-8H3/t32-,33+,34+,35+,38+/m1/s1. The van der Waals surface area contributed by atoms with Crippen LogP contribution in [0.15, 0.2) is 66.7 Å². The van der Waals surface area contributed by atoms with E-state index in [1.54, 1.807) is 14.2 Å². The van der Waals surface area contributed by atoms with Crippen molar-refractivity contribution in [3.8, 4) is 34.8 Å². The van der Waals surface area contributed by atoms with Crippen LogP contribution in [-0.2, 0) is 22.0 Å². The Morgan fingerprint density at radius 2 is 1.56 bits per heavy atom. The van der Waals surface area contributed by atoms with Gasteiger partial charge >= 0.3 is 0 Å². The molecule has 0 aliphatic carbocycles. The summed E-state index contributed by atoms with van der Waals surface area (Å²) in [6.45, 7) is 11.1. The Bertz CT molecular complexity index is 2090. The van der Waals surface area contributed by atoms with Crippen LogP contribution in [0.2, 0.25) is 5.04 Å². The van der Waals surface area contributed by atoms with Crippen LogP contribution in [0.3, 0.4) is 0 Å². The van der Waals surface area contributed by atoms with Crippen molar-refractivity contribution in [2.75, 3.05) is 41.5 Å². The molecular formula is C44H51N3O7Si. The van der Waals surface area contributed by atoms with Gasteiger partial charge in [-0.05, 0) is 60.3 Å². The van der Waals surface area contributed by atoms with Crippen LogP contribution in [0.1, 0.15) is 66.2 Å². The van der Waals surface area contributed by atoms with Crippen LogP contribution < -0.4 is 29.3 Å². The monoisotopic (exact) mass is 761 g/mol. The zero-order valence-electron chi connectivity index (χ0n) is 33.0. The molecule has 1 fully saturated rings. The Labute approximate surface area is 325 Å². The summed E-state index contributed by atoms with van der Waals surface area (Å²) >= 11 is 0. The maximum absolute atomic E-state index is 12.1. The van der Waals surface area contributed by atoms with Crippen LogP contribution in [0.25, 0.3) is 0 Å². The fourth-order valence-electron chi connectivity index (χ4n) is 10.2. The van der Waals surface area contributed by atoms with E-state index >= 15 is 0 Å². The van der Waals surface area contributed by atoms with Gasteiger partial charge < -0.3 is 33.2 Å². The molecule has 10 nitrogen and oxygen atoms in total. The van der Waals surface area contributed by atoms with E-state index < -0.39 is 20.4 Å². The van der Waals surface area contributed by atoms with Crippen LogP contribution in [-0.4, -0.2) is 82.8 Å². The Morgan fingerprint density at radius 3 is 2.16 bits per heavy atom. The van der Waals surface area contributed by atoms with Gasteiger partial charge in [-0.2, -0.15) is 5.26 Å². The van der Waals surface area contributed by atoms with E-state index in [2.05, 4.69) is 98.3 Å². The molecule has 0 unspecified atom stereocenters.